The maximum absolute atomic E-state index is 13.1. The lowest BCUT2D eigenvalue weighted by atomic mass is 10.2. The Morgan fingerprint density at radius 3 is 2.81 bits per heavy atom. The summed E-state index contributed by atoms with van der Waals surface area (Å²) >= 11 is 1.55. The molecule has 0 bridgehead atoms. The summed E-state index contributed by atoms with van der Waals surface area (Å²) in [5.41, 5.74) is 2.36. The Bertz CT molecular complexity index is 1050. The number of furan rings is 1. The van der Waals surface area contributed by atoms with Gasteiger partial charge in [0.2, 0.25) is 5.91 Å². The van der Waals surface area contributed by atoms with Gasteiger partial charge in [0.15, 0.2) is 5.76 Å². The molecule has 9 heteroatoms. The first-order chi connectivity index (χ1) is 15.0. The number of ether oxygens (including phenoxy) is 1. The largest absolute Gasteiger partial charge is 0.459 e. The summed E-state index contributed by atoms with van der Waals surface area (Å²) in [6, 6.07) is 7.36. The molecule has 1 fully saturated rings. The number of hydrogen-bond donors (Lipinski definition) is 0. The van der Waals surface area contributed by atoms with E-state index in [-0.39, 0.29) is 36.8 Å². The highest BCUT2D eigenvalue weighted by Crippen LogP contribution is 2.18. The molecule has 0 saturated carbocycles. The molecule has 4 rings (SSSR count). The number of aromatic nitrogens is 2. The van der Waals surface area contributed by atoms with Gasteiger partial charge >= 0.3 is 0 Å². The summed E-state index contributed by atoms with van der Waals surface area (Å²) in [5, 5.41) is 2.90. The fraction of sp³-hybridized carbons (Fsp3) is 0.364. The summed E-state index contributed by atoms with van der Waals surface area (Å²) in [6.07, 6.45) is 2.82. The molecule has 2 amide bonds. The number of carbonyl (C=O) groups excluding carboxylic acids is 2. The van der Waals surface area contributed by atoms with Crippen LogP contribution in [0.3, 0.4) is 0 Å². The van der Waals surface area contributed by atoms with Gasteiger partial charge in [0.05, 0.1) is 41.9 Å². The molecule has 0 N–H and O–H groups in total. The molecule has 1 aliphatic rings. The number of aryl methyl sites for hydroxylation is 2. The number of hydrogen-bond acceptors (Lipinski definition) is 7. The van der Waals surface area contributed by atoms with Crippen molar-refractivity contribution in [2.45, 2.75) is 33.1 Å². The minimum absolute atomic E-state index is 0.0362. The van der Waals surface area contributed by atoms with Gasteiger partial charge < -0.3 is 19.0 Å². The minimum atomic E-state index is -0.368. The number of carbonyl (C=O) groups is 2. The van der Waals surface area contributed by atoms with Crippen molar-refractivity contribution < 1.29 is 18.7 Å². The lowest BCUT2D eigenvalue weighted by molar-refractivity contribution is -0.132. The molecule has 3 aromatic rings. The molecule has 0 aromatic carbocycles. The Morgan fingerprint density at radius 2 is 2.13 bits per heavy atom. The van der Waals surface area contributed by atoms with E-state index in [2.05, 4.69) is 9.97 Å². The molecule has 8 nitrogen and oxygen atoms in total. The number of thiazole rings is 1. The second-order valence-electron chi connectivity index (χ2n) is 7.50. The van der Waals surface area contributed by atoms with Crippen molar-refractivity contribution in [3.63, 3.8) is 0 Å². The van der Waals surface area contributed by atoms with E-state index in [0.717, 1.165) is 22.0 Å². The SMILES string of the molecule is Cc1nc(CN2C[C@H](OCc3ccccn3)CN(C(=O)c3occc3C)CC2=O)cs1. The van der Waals surface area contributed by atoms with E-state index in [9.17, 15) is 9.59 Å². The minimum Gasteiger partial charge on any atom is -0.459 e. The standard InChI is InChI=1S/C22H24N4O4S/c1-15-6-8-29-21(15)22(28)26-11-19(30-13-17-5-3-4-7-23-17)10-25(20(27)12-26)9-18-14-31-16(2)24-18/h3-8,14,19H,9-13H2,1-2H3/t19-/m0/s1. The summed E-state index contributed by atoms with van der Waals surface area (Å²) in [7, 11) is 0. The Morgan fingerprint density at radius 1 is 1.26 bits per heavy atom. The van der Waals surface area contributed by atoms with E-state index in [1.807, 2.05) is 37.4 Å². The van der Waals surface area contributed by atoms with Gasteiger partial charge in [-0.15, -0.1) is 11.3 Å². The van der Waals surface area contributed by atoms with Gasteiger partial charge in [-0.2, -0.15) is 0 Å². The van der Waals surface area contributed by atoms with Crippen LogP contribution in [0.1, 0.15) is 32.5 Å². The Kier molecular flexibility index (Phi) is 6.43. The van der Waals surface area contributed by atoms with Crippen LogP contribution in [0, 0.1) is 13.8 Å². The van der Waals surface area contributed by atoms with Crippen LogP contribution in [0.5, 0.6) is 0 Å². The van der Waals surface area contributed by atoms with E-state index >= 15 is 0 Å². The van der Waals surface area contributed by atoms with Crippen LogP contribution >= 0.6 is 11.3 Å². The molecular weight excluding hydrogens is 416 g/mol. The molecule has 0 aliphatic carbocycles. The highest BCUT2D eigenvalue weighted by molar-refractivity contribution is 7.09. The zero-order chi connectivity index (χ0) is 21.8. The smallest absolute Gasteiger partial charge is 0.290 e. The Balaban J connectivity index is 1.53. The lowest BCUT2D eigenvalue weighted by Crippen LogP contribution is -2.39. The van der Waals surface area contributed by atoms with E-state index in [1.165, 1.54) is 11.2 Å². The number of amides is 2. The third-order valence-electron chi connectivity index (χ3n) is 5.08. The van der Waals surface area contributed by atoms with Gasteiger partial charge in [0.25, 0.3) is 5.91 Å². The highest BCUT2D eigenvalue weighted by Gasteiger charge is 2.33. The van der Waals surface area contributed by atoms with Crippen LogP contribution in [0.2, 0.25) is 0 Å². The van der Waals surface area contributed by atoms with Crippen molar-refractivity contribution >= 4 is 23.2 Å². The molecule has 31 heavy (non-hydrogen) atoms. The van der Waals surface area contributed by atoms with Crippen LogP contribution in [-0.4, -0.2) is 57.3 Å². The van der Waals surface area contributed by atoms with Gasteiger partial charge in [0.1, 0.15) is 6.54 Å². The quantitative estimate of drug-likeness (QED) is 0.586. The zero-order valence-corrected chi connectivity index (χ0v) is 18.3. The number of rotatable bonds is 6. The second-order valence-corrected chi connectivity index (χ2v) is 8.57. The van der Waals surface area contributed by atoms with Crippen LogP contribution < -0.4 is 0 Å². The fourth-order valence-corrected chi connectivity index (χ4v) is 4.09. The number of pyridine rings is 1. The van der Waals surface area contributed by atoms with E-state index < -0.39 is 0 Å². The Labute approximate surface area is 184 Å². The maximum atomic E-state index is 13.1. The predicted octanol–water partition coefficient (Wildman–Crippen LogP) is 2.82. The first-order valence-electron chi connectivity index (χ1n) is 10.0. The van der Waals surface area contributed by atoms with Gasteiger partial charge in [-0.25, -0.2) is 4.98 Å². The molecule has 1 atom stereocenters. The third kappa shape index (κ3) is 5.18. The van der Waals surface area contributed by atoms with Crippen molar-refractivity contribution in [3.05, 3.63) is 69.8 Å². The molecule has 0 unspecified atom stereocenters. The van der Waals surface area contributed by atoms with Crippen molar-refractivity contribution in [1.29, 1.82) is 0 Å². The van der Waals surface area contributed by atoms with E-state index in [4.69, 9.17) is 9.15 Å². The monoisotopic (exact) mass is 440 g/mol. The summed E-state index contributed by atoms with van der Waals surface area (Å²) in [5.74, 6) is -0.208. The van der Waals surface area contributed by atoms with Crippen molar-refractivity contribution in [2.75, 3.05) is 19.6 Å². The average Bonchev–Trinajstić information content (AvgIpc) is 3.34. The second kappa shape index (κ2) is 9.40. The topological polar surface area (TPSA) is 88.8 Å². The Hall–Kier alpha value is -3.04. The first kappa shape index (κ1) is 21.2. The normalized spacial score (nSPS) is 17.1. The van der Waals surface area contributed by atoms with Gasteiger partial charge in [0, 0.05) is 30.2 Å². The van der Waals surface area contributed by atoms with Crippen molar-refractivity contribution in [1.82, 2.24) is 19.8 Å². The van der Waals surface area contributed by atoms with Crippen LogP contribution in [0.25, 0.3) is 0 Å². The van der Waals surface area contributed by atoms with Gasteiger partial charge in [-0.1, -0.05) is 6.07 Å². The first-order valence-corrected chi connectivity index (χ1v) is 10.9. The van der Waals surface area contributed by atoms with Gasteiger partial charge in [-0.3, -0.25) is 14.6 Å². The molecule has 4 heterocycles. The molecule has 0 radical (unpaired) electrons. The summed E-state index contributed by atoms with van der Waals surface area (Å²) < 4.78 is 11.5. The highest BCUT2D eigenvalue weighted by atomic mass is 32.1. The lowest BCUT2D eigenvalue weighted by Gasteiger charge is -2.24. The summed E-state index contributed by atoms with van der Waals surface area (Å²) in [4.78, 5) is 38.0. The summed E-state index contributed by atoms with van der Waals surface area (Å²) in [6.45, 7) is 5.03. The molecule has 162 valence electrons. The molecule has 1 aliphatic heterocycles. The number of nitrogens with zero attached hydrogens (tertiary/aromatic N) is 4. The van der Waals surface area contributed by atoms with E-state index in [1.54, 1.807) is 28.5 Å². The van der Waals surface area contributed by atoms with Crippen molar-refractivity contribution in [2.24, 2.45) is 0 Å². The predicted molar refractivity (Wildman–Crippen MR) is 114 cm³/mol. The van der Waals surface area contributed by atoms with Gasteiger partial charge in [-0.05, 0) is 32.0 Å². The molecule has 0 spiro atoms. The van der Waals surface area contributed by atoms with Crippen LogP contribution in [0.15, 0.2) is 46.5 Å². The molecule has 3 aromatic heterocycles. The van der Waals surface area contributed by atoms with Crippen LogP contribution in [0.4, 0.5) is 0 Å². The van der Waals surface area contributed by atoms with Crippen molar-refractivity contribution in [3.8, 4) is 0 Å². The fourth-order valence-electron chi connectivity index (χ4n) is 3.49. The molecular formula is C22H24N4O4S. The third-order valence-corrected chi connectivity index (χ3v) is 5.91. The molecule has 1 saturated heterocycles. The zero-order valence-electron chi connectivity index (χ0n) is 17.5. The van der Waals surface area contributed by atoms with Crippen LogP contribution in [-0.2, 0) is 22.7 Å². The average molecular weight is 441 g/mol. The van der Waals surface area contributed by atoms with E-state index in [0.29, 0.717) is 19.7 Å². The maximum Gasteiger partial charge on any atom is 0.290 e.